The molecular weight excluding hydrogens is 585 g/mol. The van der Waals surface area contributed by atoms with Crippen LogP contribution in [0.15, 0.2) is 108 Å². The van der Waals surface area contributed by atoms with Crippen LogP contribution in [-0.2, 0) is 31.9 Å². The first kappa shape index (κ1) is 32.9. The maximum Gasteiger partial charge on any atom is 0.192 e. The van der Waals surface area contributed by atoms with Gasteiger partial charge in [0.2, 0.25) is 0 Å². The number of aliphatic hydroxyl groups is 1. The second-order valence-electron chi connectivity index (χ2n) is 13.0. The molecule has 0 bridgehead atoms. The third-order valence-corrected chi connectivity index (χ3v) is 14.4. The minimum absolute atomic E-state index is 0.00594. The fourth-order valence-electron chi connectivity index (χ4n) is 5.28. The lowest BCUT2D eigenvalue weighted by Gasteiger charge is -2.50. The Balaban J connectivity index is 1.51. The minimum atomic E-state index is -2.29. The van der Waals surface area contributed by atoms with Crippen molar-refractivity contribution in [2.75, 3.05) is 6.61 Å². The summed E-state index contributed by atoms with van der Waals surface area (Å²) >= 11 is 1.64. The van der Waals surface area contributed by atoms with Gasteiger partial charge in [-0.15, -0.1) is 0 Å². The van der Waals surface area contributed by atoms with E-state index >= 15 is 0 Å². The number of fused-ring (bicyclic) bond motifs is 1. The average Bonchev–Trinajstić information content (AvgIpc) is 3.01. The summed E-state index contributed by atoms with van der Waals surface area (Å²) < 4.78 is 27.7. The predicted octanol–water partition coefficient (Wildman–Crippen LogP) is 8.60. The normalized spacial score (nSPS) is 22.7. The van der Waals surface area contributed by atoms with E-state index in [1.165, 1.54) is 10.8 Å². The van der Waals surface area contributed by atoms with Gasteiger partial charge in [-0.3, -0.25) is 0 Å². The summed E-state index contributed by atoms with van der Waals surface area (Å²) in [5.74, 6) is 0. The van der Waals surface area contributed by atoms with Gasteiger partial charge in [0.15, 0.2) is 8.32 Å². The molecule has 234 valence electrons. The molecule has 1 saturated heterocycles. The summed E-state index contributed by atoms with van der Waals surface area (Å²) in [6.45, 7) is 12.1. The van der Waals surface area contributed by atoms with Crippen LogP contribution in [-0.4, -0.2) is 49.9 Å². The number of hydrogen-bond acceptors (Lipinski definition) is 6. The molecule has 0 radical (unpaired) electrons. The fourth-order valence-corrected chi connectivity index (χ4v) is 7.73. The second kappa shape index (κ2) is 14.7. The highest BCUT2D eigenvalue weighted by atomic mass is 32.2. The number of rotatable bonds is 12. The van der Waals surface area contributed by atoms with Gasteiger partial charge in [0.05, 0.1) is 19.3 Å². The van der Waals surface area contributed by atoms with Crippen LogP contribution in [0.25, 0.3) is 10.8 Å². The van der Waals surface area contributed by atoms with Gasteiger partial charge in [0.1, 0.15) is 23.7 Å². The Kier molecular flexibility index (Phi) is 11.0. The largest absolute Gasteiger partial charge is 0.408 e. The molecule has 1 N–H and O–H groups in total. The smallest absolute Gasteiger partial charge is 0.192 e. The molecule has 0 saturated carbocycles. The summed E-state index contributed by atoms with van der Waals surface area (Å²) in [7, 11) is -2.29. The summed E-state index contributed by atoms with van der Waals surface area (Å²) in [5, 5.41) is 12.5. The molecule has 0 aromatic heterocycles. The van der Waals surface area contributed by atoms with Crippen molar-refractivity contribution in [3.8, 4) is 0 Å². The van der Waals surface area contributed by atoms with Crippen LogP contribution in [0, 0.1) is 0 Å². The van der Waals surface area contributed by atoms with E-state index in [-0.39, 0.29) is 23.2 Å². The topological polar surface area (TPSA) is 57.2 Å². The molecule has 1 aliphatic rings. The van der Waals surface area contributed by atoms with E-state index in [0.717, 1.165) is 16.0 Å². The second-order valence-corrected chi connectivity index (χ2v) is 19.0. The summed E-state index contributed by atoms with van der Waals surface area (Å²) in [6.07, 6.45) is -1.16. The third-order valence-electron chi connectivity index (χ3n) is 8.78. The summed E-state index contributed by atoms with van der Waals surface area (Å²) in [6, 6.07) is 35.3. The van der Waals surface area contributed by atoms with Crippen LogP contribution < -0.4 is 0 Å². The van der Waals surface area contributed by atoms with Crippen LogP contribution in [0.2, 0.25) is 18.1 Å². The highest BCUT2D eigenvalue weighted by molar-refractivity contribution is 7.99. The van der Waals surface area contributed by atoms with Crippen molar-refractivity contribution in [2.45, 2.75) is 93.3 Å². The highest BCUT2D eigenvalue weighted by Gasteiger charge is 2.52. The molecule has 1 heterocycles. The van der Waals surface area contributed by atoms with E-state index in [9.17, 15) is 5.11 Å². The standard InChI is InChI=1S/C37H46O5SSi/c1-37(2,3)44(4,5)42-34-33(39-25-27-14-8-6-9-15-27)32(22-23-38)41-36(43-31-18-10-7-11-19-31)35(34)40-26-28-20-21-29-16-12-13-17-30(29)24-28/h6-21,24,32-36,38H,22-23,25-26H2,1-5H3/t32-,33-,34+,35+,36+/m1/s1. The monoisotopic (exact) mass is 630 g/mol. The molecule has 5 rings (SSSR count). The van der Waals surface area contributed by atoms with Crippen LogP contribution in [0.3, 0.4) is 0 Å². The van der Waals surface area contributed by atoms with Crippen LogP contribution in [0.1, 0.15) is 38.3 Å². The molecule has 7 heteroatoms. The molecule has 1 fully saturated rings. The number of benzene rings is 4. The van der Waals surface area contributed by atoms with Gasteiger partial charge >= 0.3 is 0 Å². The zero-order valence-electron chi connectivity index (χ0n) is 26.5. The van der Waals surface area contributed by atoms with Gasteiger partial charge in [-0.25, -0.2) is 0 Å². The Bertz CT molecular complexity index is 1460. The molecule has 44 heavy (non-hydrogen) atoms. The average molecular weight is 631 g/mol. The third kappa shape index (κ3) is 8.20. The predicted molar refractivity (Wildman–Crippen MR) is 182 cm³/mol. The Hall–Kier alpha value is -2.49. The molecule has 1 aliphatic heterocycles. The van der Waals surface area contributed by atoms with Crippen LogP contribution >= 0.6 is 11.8 Å². The van der Waals surface area contributed by atoms with Crippen LogP contribution in [0.5, 0.6) is 0 Å². The van der Waals surface area contributed by atoms with Gasteiger partial charge in [-0.1, -0.05) is 117 Å². The molecule has 5 nitrogen and oxygen atoms in total. The molecule has 0 aliphatic carbocycles. The van der Waals surface area contributed by atoms with E-state index in [1.807, 2.05) is 36.4 Å². The number of thioether (sulfide) groups is 1. The van der Waals surface area contributed by atoms with Crippen molar-refractivity contribution < 1.29 is 23.7 Å². The molecular formula is C37H46O5SSi. The van der Waals surface area contributed by atoms with E-state index in [1.54, 1.807) is 11.8 Å². The van der Waals surface area contributed by atoms with Gasteiger partial charge in [0.25, 0.3) is 0 Å². The Morgan fingerprint density at radius 2 is 1.34 bits per heavy atom. The van der Waals surface area contributed by atoms with E-state index in [2.05, 4.69) is 101 Å². The quantitative estimate of drug-likeness (QED) is 0.158. The first-order valence-corrected chi connectivity index (χ1v) is 19.3. The van der Waals surface area contributed by atoms with Crippen molar-refractivity contribution >= 4 is 30.9 Å². The Labute approximate surface area is 268 Å². The zero-order valence-corrected chi connectivity index (χ0v) is 28.3. The fraction of sp³-hybridized carbons (Fsp3) is 0.405. The molecule has 0 unspecified atom stereocenters. The highest BCUT2D eigenvalue weighted by Crippen LogP contribution is 2.43. The van der Waals surface area contributed by atoms with Crippen LogP contribution in [0.4, 0.5) is 0 Å². The maximum absolute atomic E-state index is 10.1. The van der Waals surface area contributed by atoms with Crippen molar-refractivity contribution in [1.82, 2.24) is 0 Å². The molecule has 5 atom stereocenters. The molecule has 4 aromatic carbocycles. The van der Waals surface area contributed by atoms with E-state index < -0.39 is 26.6 Å². The molecule has 0 spiro atoms. The van der Waals surface area contributed by atoms with Crippen molar-refractivity contribution in [3.63, 3.8) is 0 Å². The van der Waals surface area contributed by atoms with Gasteiger partial charge in [-0.05, 0) is 64.7 Å². The van der Waals surface area contributed by atoms with Crippen molar-refractivity contribution in [3.05, 3.63) is 114 Å². The Morgan fingerprint density at radius 1 is 0.727 bits per heavy atom. The number of aliphatic hydroxyl groups excluding tert-OH is 1. The minimum Gasteiger partial charge on any atom is -0.408 e. The van der Waals surface area contributed by atoms with E-state index in [4.69, 9.17) is 18.6 Å². The van der Waals surface area contributed by atoms with Crippen molar-refractivity contribution in [1.29, 1.82) is 0 Å². The number of hydrogen-bond donors (Lipinski definition) is 1. The van der Waals surface area contributed by atoms with Gasteiger partial charge < -0.3 is 23.7 Å². The van der Waals surface area contributed by atoms with Gasteiger partial charge in [0, 0.05) is 11.5 Å². The lowest BCUT2D eigenvalue weighted by molar-refractivity contribution is -0.229. The maximum atomic E-state index is 10.1. The SMILES string of the molecule is CC(C)(C)[Si](C)(C)O[C@H]1[C@H](OCc2ccccc2)[C@@H](CCO)O[C@@H](Sc2ccccc2)[C@H]1OCc1ccc2ccccc2c1. The van der Waals surface area contributed by atoms with E-state index in [0.29, 0.717) is 19.6 Å². The lowest BCUT2D eigenvalue weighted by atomic mass is 9.97. The Morgan fingerprint density at radius 3 is 2.02 bits per heavy atom. The lowest BCUT2D eigenvalue weighted by Crippen LogP contribution is -2.62. The molecule has 0 amide bonds. The number of ether oxygens (including phenoxy) is 3. The zero-order chi connectivity index (χ0) is 31.2. The first-order chi connectivity index (χ1) is 21.1. The molecule has 4 aromatic rings. The summed E-state index contributed by atoms with van der Waals surface area (Å²) in [4.78, 5) is 1.09. The van der Waals surface area contributed by atoms with Gasteiger partial charge in [-0.2, -0.15) is 0 Å². The first-order valence-electron chi connectivity index (χ1n) is 15.6. The van der Waals surface area contributed by atoms with Crippen molar-refractivity contribution in [2.24, 2.45) is 0 Å². The summed E-state index contributed by atoms with van der Waals surface area (Å²) in [5.41, 5.74) is 1.81.